The fourth-order valence-corrected chi connectivity index (χ4v) is 24.8. The highest BCUT2D eigenvalue weighted by Crippen LogP contribution is 2.37. The second-order valence-corrected chi connectivity index (χ2v) is 28.1. The molecule has 0 bridgehead atoms. The van der Waals surface area contributed by atoms with Crippen LogP contribution in [0.15, 0.2) is 0 Å². The Morgan fingerprint density at radius 3 is 1.03 bits per heavy atom. The van der Waals surface area contributed by atoms with Crippen molar-refractivity contribution in [1.82, 2.24) is 0 Å². The number of carbonyl (C=O) groups excluding carboxylic acids is 1. The van der Waals surface area contributed by atoms with E-state index in [1.165, 1.54) is 0 Å². The highest BCUT2D eigenvalue weighted by Gasteiger charge is 2.57. The predicted octanol–water partition coefficient (Wildman–Crippen LogP) is 8.51. The van der Waals surface area contributed by atoms with Gasteiger partial charge < -0.3 is 17.1 Å². The number of hydrogen-bond donors (Lipinski definition) is 0. The SMILES string of the molecule is CCC(C)(C)C(=O)OC[Si](O[Si](CC)(CC)CC)(O[Si](CC)(CC)CC)O[Si](CC)(CC)CC. The number of ether oxygens (including phenoxy) is 1. The van der Waals surface area contributed by atoms with Crippen molar-refractivity contribution in [1.29, 1.82) is 0 Å². The van der Waals surface area contributed by atoms with Gasteiger partial charge in [0, 0.05) is 0 Å². The van der Waals surface area contributed by atoms with Gasteiger partial charge in [-0.2, -0.15) is 0 Å². The van der Waals surface area contributed by atoms with Gasteiger partial charge in [0.25, 0.3) is 0 Å². The maximum absolute atomic E-state index is 13.1. The first kappa shape index (κ1) is 34.2. The molecule has 9 heteroatoms. The van der Waals surface area contributed by atoms with Gasteiger partial charge in [-0.15, -0.1) is 0 Å². The Morgan fingerprint density at radius 1 is 0.559 bits per heavy atom. The molecule has 0 saturated heterocycles. The van der Waals surface area contributed by atoms with E-state index in [1.54, 1.807) is 0 Å². The lowest BCUT2D eigenvalue weighted by Gasteiger charge is -2.47. The highest BCUT2D eigenvalue weighted by molar-refractivity contribution is 6.92. The van der Waals surface area contributed by atoms with Gasteiger partial charge in [-0.1, -0.05) is 69.2 Å². The lowest BCUT2D eigenvalue weighted by Crippen LogP contribution is -2.67. The zero-order chi connectivity index (χ0) is 26.7. The minimum atomic E-state index is -3.30. The summed E-state index contributed by atoms with van der Waals surface area (Å²) in [7, 11) is -9.57. The molecule has 0 aromatic heterocycles. The molecule has 0 aliphatic rings. The second-order valence-electron chi connectivity index (χ2n) is 10.5. The van der Waals surface area contributed by atoms with Crippen LogP contribution in [0.3, 0.4) is 0 Å². The average Bonchev–Trinajstić information content (AvgIpc) is 2.88. The Labute approximate surface area is 216 Å². The van der Waals surface area contributed by atoms with Gasteiger partial charge in [0.1, 0.15) is 0 Å². The third kappa shape index (κ3) is 8.66. The molecule has 0 fully saturated rings. The largest absolute Gasteiger partial charge is 0.509 e. The van der Waals surface area contributed by atoms with Crippen LogP contribution in [0.2, 0.25) is 54.4 Å². The summed E-state index contributed by atoms with van der Waals surface area (Å²) in [4.78, 5) is 13.1. The Kier molecular flexibility index (Phi) is 14.9. The summed E-state index contributed by atoms with van der Waals surface area (Å²) >= 11 is 0. The van der Waals surface area contributed by atoms with Crippen molar-refractivity contribution in [3.8, 4) is 0 Å². The quantitative estimate of drug-likeness (QED) is 0.119. The van der Waals surface area contributed by atoms with Crippen molar-refractivity contribution in [3.05, 3.63) is 0 Å². The topological polar surface area (TPSA) is 54.0 Å². The number of hydrogen-bond acceptors (Lipinski definition) is 5. The van der Waals surface area contributed by atoms with Gasteiger partial charge >= 0.3 is 14.8 Å². The zero-order valence-electron chi connectivity index (χ0n) is 24.8. The molecule has 0 saturated carbocycles. The molecule has 0 aromatic carbocycles. The van der Waals surface area contributed by atoms with E-state index in [2.05, 4.69) is 62.3 Å². The van der Waals surface area contributed by atoms with E-state index in [4.69, 9.17) is 17.1 Å². The molecule has 0 aliphatic heterocycles. The van der Waals surface area contributed by atoms with Gasteiger partial charge in [0.05, 0.1) is 5.41 Å². The zero-order valence-corrected chi connectivity index (χ0v) is 28.8. The number of carbonyl (C=O) groups is 1. The number of esters is 1. The van der Waals surface area contributed by atoms with Crippen molar-refractivity contribution < 1.29 is 21.9 Å². The Morgan fingerprint density at radius 2 is 0.824 bits per heavy atom. The van der Waals surface area contributed by atoms with Crippen molar-refractivity contribution in [2.75, 3.05) is 6.23 Å². The second kappa shape index (κ2) is 14.8. The van der Waals surface area contributed by atoms with Crippen molar-refractivity contribution in [3.63, 3.8) is 0 Å². The van der Waals surface area contributed by atoms with Crippen LogP contribution in [0.25, 0.3) is 0 Å². The van der Waals surface area contributed by atoms with Gasteiger partial charge in [-0.3, -0.25) is 4.79 Å². The van der Waals surface area contributed by atoms with Crippen LogP contribution in [0.5, 0.6) is 0 Å². The van der Waals surface area contributed by atoms with Crippen LogP contribution in [-0.4, -0.2) is 46.0 Å². The van der Waals surface area contributed by atoms with Gasteiger partial charge in [0.15, 0.2) is 31.2 Å². The molecule has 0 amide bonds. The molecule has 0 aromatic rings. The molecule has 0 aliphatic carbocycles. The van der Waals surface area contributed by atoms with E-state index in [1.807, 2.05) is 20.8 Å². The van der Waals surface area contributed by atoms with E-state index < -0.39 is 39.2 Å². The molecule has 0 atom stereocenters. The maximum Gasteiger partial charge on any atom is 0.509 e. The summed E-state index contributed by atoms with van der Waals surface area (Å²) < 4.78 is 28.1. The third-order valence-electron chi connectivity index (χ3n) is 8.73. The van der Waals surface area contributed by atoms with Crippen molar-refractivity contribution >= 4 is 39.7 Å². The van der Waals surface area contributed by atoms with E-state index in [-0.39, 0.29) is 12.2 Å². The van der Waals surface area contributed by atoms with E-state index in [0.717, 1.165) is 60.8 Å². The normalized spacial score (nSPS) is 13.9. The van der Waals surface area contributed by atoms with Crippen LogP contribution >= 0.6 is 0 Å². The van der Waals surface area contributed by atoms with Crippen LogP contribution in [0.4, 0.5) is 0 Å². The summed E-state index contributed by atoms with van der Waals surface area (Å²) in [5, 5.41) is 0. The fraction of sp³-hybridized carbons (Fsp3) is 0.960. The molecular weight excluding hydrogens is 493 g/mol. The molecule has 34 heavy (non-hydrogen) atoms. The minimum absolute atomic E-state index is 0.160. The van der Waals surface area contributed by atoms with E-state index in [0.29, 0.717) is 0 Å². The Hall–Kier alpha value is 0.218. The van der Waals surface area contributed by atoms with E-state index in [9.17, 15) is 4.79 Å². The first-order chi connectivity index (χ1) is 15.9. The average molecular weight is 551 g/mol. The standard InChI is InChI=1S/C25H58O5Si4/c1-13-25(11,12)24(26)27-23-34(28-31(14-2,15-3)16-4,29-32(17-5,18-6)19-7)30-33(20-8,21-9)22-10/h13-23H2,1-12H3. The lowest BCUT2D eigenvalue weighted by atomic mass is 9.91. The molecule has 0 rings (SSSR count). The van der Waals surface area contributed by atoms with E-state index >= 15 is 0 Å². The summed E-state index contributed by atoms with van der Waals surface area (Å²) in [6.45, 7) is 26.2. The Balaban J connectivity index is 6.82. The lowest BCUT2D eigenvalue weighted by molar-refractivity contribution is -0.153. The molecule has 0 spiro atoms. The minimum Gasteiger partial charge on any atom is -0.461 e. The molecule has 0 unspecified atom stereocenters. The maximum atomic E-state index is 13.1. The van der Waals surface area contributed by atoms with Crippen LogP contribution in [0.1, 0.15) is 89.5 Å². The molecule has 0 N–H and O–H groups in total. The molecule has 0 heterocycles. The summed E-state index contributed by atoms with van der Waals surface area (Å²) in [5.74, 6) is -0.173. The van der Waals surface area contributed by atoms with Gasteiger partial charge in [-0.25, -0.2) is 0 Å². The smallest absolute Gasteiger partial charge is 0.461 e. The van der Waals surface area contributed by atoms with Gasteiger partial charge in [-0.05, 0) is 74.7 Å². The van der Waals surface area contributed by atoms with Crippen LogP contribution < -0.4 is 0 Å². The van der Waals surface area contributed by atoms with Crippen molar-refractivity contribution in [2.24, 2.45) is 5.41 Å². The summed E-state index contributed by atoms with van der Waals surface area (Å²) in [6, 6.07) is 9.19. The molecule has 5 nitrogen and oxygen atoms in total. The predicted molar refractivity (Wildman–Crippen MR) is 156 cm³/mol. The van der Waals surface area contributed by atoms with Crippen LogP contribution in [-0.2, 0) is 21.9 Å². The van der Waals surface area contributed by atoms with Crippen molar-refractivity contribution in [2.45, 2.75) is 144 Å². The first-order valence-electron chi connectivity index (χ1n) is 14.1. The highest BCUT2D eigenvalue weighted by atomic mass is 28.5. The summed E-state index contributed by atoms with van der Waals surface area (Å²) in [5.41, 5.74) is -0.529. The fourth-order valence-electron chi connectivity index (χ4n) is 4.53. The molecule has 204 valence electrons. The van der Waals surface area contributed by atoms with Crippen LogP contribution in [0, 0.1) is 5.41 Å². The molecule has 0 radical (unpaired) electrons. The Bertz CT molecular complexity index is 508. The third-order valence-corrected chi connectivity index (χ3v) is 29.8. The molecular formula is C25H58O5Si4. The first-order valence-corrected chi connectivity index (χ1v) is 23.7. The van der Waals surface area contributed by atoms with Gasteiger partial charge in [0.2, 0.25) is 0 Å². The monoisotopic (exact) mass is 550 g/mol. The summed E-state index contributed by atoms with van der Waals surface area (Å²) in [6.07, 6.45) is 0.892. The number of rotatable bonds is 19.